The van der Waals surface area contributed by atoms with E-state index in [9.17, 15) is 29.4 Å². The summed E-state index contributed by atoms with van der Waals surface area (Å²) in [6, 6.07) is 4.56. The van der Waals surface area contributed by atoms with Crippen molar-refractivity contribution < 1.29 is 29.4 Å². The molecule has 196 valence electrons. The van der Waals surface area contributed by atoms with E-state index in [4.69, 9.17) is 11.5 Å². The first-order chi connectivity index (χ1) is 16.7. The van der Waals surface area contributed by atoms with Gasteiger partial charge in [0.1, 0.15) is 24.2 Å². The van der Waals surface area contributed by atoms with Gasteiger partial charge in [-0.3, -0.25) is 14.4 Å². The van der Waals surface area contributed by atoms with Gasteiger partial charge in [0.05, 0.1) is 6.61 Å². The number of thioether (sulfide) groups is 1. The molecule has 0 heterocycles. The minimum atomic E-state index is -1.21. The average molecular weight is 512 g/mol. The lowest BCUT2D eigenvalue weighted by Crippen LogP contribution is -2.58. The molecule has 1 aromatic rings. The molecule has 1 rings (SSSR count). The van der Waals surface area contributed by atoms with Gasteiger partial charge >= 0.3 is 5.97 Å². The molecule has 0 aliphatic heterocycles. The van der Waals surface area contributed by atoms with Crippen molar-refractivity contribution in [1.82, 2.24) is 16.0 Å². The second-order valence-electron chi connectivity index (χ2n) is 8.07. The molecule has 9 N–H and O–H groups in total. The number of unbranched alkanes of at least 4 members (excludes halogenated alkanes) is 1. The molecule has 3 amide bonds. The van der Waals surface area contributed by atoms with Crippen molar-refractivity contribution in [3.63, 3.8) is 0 Å². The third-order valence-electron chi connectivity index (χ3n) is 5.25. The maximum atomic E-state index is 13.2. The minimum absolute atomic E-state index is 0.124. The number of carboxylic acids is 1. The summed E-state index contributed by atoms with van der Waals surface area (Å²) in [5.74, 6) is -2.59. The van der Waals surface area contributed by atoms with Crippen molar-refractivity contribution >= 4 is 35.5 Å². The van der Waals surface area contributed by atoms with E-state index in [-0.39, 0.29) is 19.3 Å². The van der Waals surface area contributed by atoms with Gasteiger partial charge in [-0.1, -0.05) is 30.3 Å². The van der Waals surface area contributed by atoms with Crippen LogP contribution in [0, 0.1) is 0 Å². The number of benzene rings is 1. The summed E-state index contributed by atoms with van der Waals surface area (Å²) in [5, 5.41) is 26.3. The van der Waals surface area contributed by atoms with Gasteiger partial charge < -0.3 is 37.6 Å². The monoisotopic (exact) mass is 511 g/mol. The lowest BCUT2D eigenvalue weighted by atomic mass is 10.0. The summed E-state index contributed by atoms with van der Waals surface area (Å²) in [6.07, 6.45) is 3.58. The highest BCUT2D eigenvalue weighted by Crippen LogP contribution is 2.08. The molecular formula is C23H37N5O6S. The molecule has 0 fully saturated rings. The summed E-state index contributed by atoms with van der Waals surface area (Å²) < 4.78 is 0. The summed E-state index contributed by atoms with van der Waals surface area (Å²) in [5.41, 5.74) is 11.9. The summed E-state index contributed by atoms with van der Waals surface area (Å²) in [6.45, 7) is -0.193. The minimum Gasteiger partial charge on any atom is -0.480 e. The predicted octanol–water partition coefficient (Wildman–Crippen LogP) is -1.03. The third-order valence-corrected chi connectivity index (χ3v) is 5.90. The molecule has 0 aromatic heterocycles. The number of carboxylic acid groups (broad SMARTS) is 1. The van der Waals surface area contributed by atoms with E-state index in [0.29, 0.717) is 25.1 Å². The van der Waals surface area contributed by atoms with Crippen molar-refractivity contribution in [3.05, 3.63) is 35.9 Å². The van der Waals surface area contributed by atoms with E-state index in [2.05, 4.69) is 16.0 Å². The molecule has 4 unspecified atom stereocenters. The Labute approximate surface area is 209 Å². The number of carbonyl (C=O) groups excluding carboxylic acids is 3. The van der Waals surface area contributed by atoms with Gasteiger partial charge in [-0.25, -0.2) is 4.79 Å². The predicted molar refractivity (Wildman–Crippen MR) is 135 cm³/mol. The number of amides is 3. The lowest BCUT2D eigenvalue weighted by Gasteiger charge is -2.25. The maximum absolute atomic E-state index is 13.2. The number of hydrogen-bond acceptors (Lipinski definition) is 8. The van der Waals surface area contributed by atoms with Crippen LogP contribution in [-0.4, -0.2) is 83.2 Å². The van der Waals surface area contributed by atoms with E-state index in [1.165, 1.54) is 11.8 Å². The summed E-state index contributed by atoms with van der Waals surface area (Å²) in [4.78, 5) is 50.0. The molecule has 0 bridgehead atoms. The molecule has 35 heavy (non-hydrogen) atoms. The van der Waals surface area contributed by atoms with Crippen LogP contribution in [0.2, 0.25) is 0 Å². The Morgan fingerprint density at radius 2 is 1.51 bits per heavy atom. The van der Waals surface area contributed by atoms with Crippen LogP contribution in [-0.2, 0) is 25.6 Å². The smallest absolute Gasteiger partial charge is 0.326 e. The Morgan fingerprint density at radius 3 is 2.09 bits per heavy atom. The topological polar surface area (TPSA) is 197 Å². The van der Waals surface area contributed by atoms with Gasteiger partial charge in [-0.2, -0.15) is 11.8 Å². The first-order valence-corrected chi connectivity index (χ1v) is 12.9. The first kappa shape index (κ1) is 30.4. The highest BCUT2D eigenvalue weighted by molar-refractivity contribution is 7.98. The van der Waals surface area contributed by atoms with Gasteiger partial charge in [-0.15, -0.1) is 0 Å². The molecule has 0 aliphatic carbocycles. The van der Waals surface area contributed by atoms with E-state index < -0.39 is 54.5 Å². The van der Waals surface area contributed by atoms with Crippen LogP contribution >= 0.6 is 11.8 Å². The molecule has 0 radical (unpaired) electrons. The fourth-order valence-corrected chi connectivity index (χ4v) is 3.69. The molecule has 11 nitrogen and oxygen atoms in total. The number of rotatable bonds is 17. The van der Waals surface area contributed by atoms with Crippen LogP contribution < -0.4 is 27.4 Å². The fourth-order valence-electron chi connectivity index (χ4n) is 3.22. The van der Waals surface area contributed by atoms with E-state index >= 15 is 0 Å². The number of carbonyl (C=O) groups is 4. The van der Waals surface area contributed by atoms with Crippen LogP contribution in [0.15, 0.2) is 30.3 Å². The van der Waals surface area contributed by atoms with Gasteiger partial charge in [0.25, 0.3) is 0 Å². The second-order valence-corrected chi connectivity index (χ2v) is 9.05. The zero-order chi connectivity index (χ0) is 26.2. The quantitative estimate of drug-likeness (QED) is 0.128. The largest absolute Gasteiger partial charge is 0.480 e. The average Bonchev–Trinajstić information content (AvgIpc) is 2.85. The van der Waals surface area contributed by atoms with Crippen LogP contribution in [0.1, 0.15) is 31.2 Å². The highest BCUT2D eigenvalue weighted by atomic mass is 32.2. The van der Waals surface area contributed by atoms with Crippen LogP contribution in [0.5, 0.6) is 0 Å². The zero-order valence-electron chi connectivity index (χ0n) is 19.9. The molecule has 0 saturated heterocycles. The molecule has 0 saturated carbocycles. The Bertz CT molecular complexity index is 813. The highest BCUT2D eigenvalue weighted by Gasteiger charge is 2.30. The zero-order valence-corrected chi connectivity index (χ0v) is 20.8. The van der Waals surface area contributed by atoms with E-state index in [1.807, 2.05) is 12.3 Å². The lowest BCUT2D eigenvalue weighted by molar-refractivity contribution is -0.142. The van der Waals surface area contributed by atoms with Crippen molar-refractivity contribution in [3.8, 4) is 0 Å². The van der Waals surface area contributed by atoms with Gasteiger partial charge in [0.2, 0.25) is 17.7 Å². The number of aliphatic carboxylic acids is 1. The number of nitrogens with one attached hydrogen (secondary N) is 3. The summed E-state index contributed by atoms with van der Waals surface area (Å²) in [7, 11) is 0. The van der Waals surface area contributed by atoms with Crippen molar-refractivity contribution in [2.24, 2.45) is 11.5 Å². The number of nitrogens with two attached hydrogens (primary N) is 2. The van der Waals surface area contributed by atoms with Gasteiger partial charge in [0, 0.05) is 6.42 Å². The molecule has 12 heteroatoms. The SMILES string of the molecule is CSCCC(NC(=O)C(CCCCN)NC(=O)C(Cc1ccccc1)NC(=O)C(N)CO)C(=O)O. The van der Waals surface area contributed by atoms with Gasteiger partial charge in [-0.05, 0) is 49.8 Å². The van der Waals surface area contributed by atoms with Crippen LogP contribution in [0.3, 0.4) is 0 Å². The van der Waals surface area contributed by atoms with Crippen LogP contribution in [0.25, 0.3) is 0 Å². The number of aliphatic hydroxyl groups excluding tert-OH is 1. The molecule has 1 aromatic carbocycles. The fraction of sp³-hybridized carbons (Fsp3) is 0.565. The van der Waals surface area contributed by atoms with E-state index in [0.717, 1.165) is 5.56 Å². The standard InChI is InChI=1S/C23H37N5O6S/c1-35-12-10-18(23(33)34)27-21(31)17(9-5-6-11-24)26-22(32)19(28-20(30)16(25)14-29)13-15-7-3-2-4-8-15/h2-4,7-8,16-19,29H,5-6,9-14,24-25H2,1H3,(H,26,32)(H,27,31)(H,28,30)(H,33,34). The molecule has 0 aliphatic rings. The van der Waals surface area contributed by atoms with Crippen LogP contribution in [0.4, 0.5) is 0 Å². The Morgan fingerprint density at radius 1 is 0.914 bits per heavy atom. The normalized spacial score (nSPS) is 14.3. The molecule has 4 atom stereocenters. The number of hydrogen-bond donors (Lipinski definition) is 7. The Kier molecular flexibility index (Phi) is 14.6. The summed E-state index contributed by atoms with van der Waals surface area (Å²) >= 11 is 1.46. The van der Waals surface area contributed by atoms with Crippen molar-refractivity contribution in [2.45, 2.75) is 56.3 Å². The molecular weight excluding hydrogens is 474 g/mol. The van der Waals surface area contributed by atoms with Crippen molar-refractivity contribution in [1.29, 1.82) is 0 Å². The molecule has 0 spiro atoms. The Hall–Kier alpha value is -2.67. The first-order valence-electron chi connectivity index (χ1n) is 11.5. The Balaban J connectivity index is 3.04. The van der Waals surface area contributed by atoms with Crippen molar-refractivity contribution in [2.75, 3.05) is 25.2 Å². The van der Waals surface area contributed by atoms with E-state index in [1.54, 1.807) is 24.3 Å². The maximum Gasteiger partial charge on any atom is 0.326 e. The second kappa shape index (κ2) is 16.9. The van der Waals surface area contributed by atoms with Gasteiger partial charge in [0.15, 0.2) is 0 Å². The third kappa shape index (κ3) is 11.5. The number of aliphatic hydroxyl groups is 1.